The van der Waals surface area contributed by atoms with Gasteiger partial charge >= 0.3 is 5.63 Å². The van der Waals surface area contributed by atoms with Crippen LogP contribution in [0.5, 0.6) is 0 Å². The lowest BCUT2D eigenvalue weighted by Gasteiger charge is -2.30. The molecule has 0 atom stereocenters. The monoisotopic (exact) mass is 364 g/mol. The molecule has 4 heteroatoms. The topological polar surface area (TPSA) is 50.4 Å². The van der Waals surface area contributed by atoms with Gasteiger partial charge in [-0.2, -0.15) is 0 Å². The highest BCUT2D eigenvalue weighted by molar-refractivity contribution is 5.85. The molecule has 0 amide bonds. The Labute approximate surface area is 156 Å². The molecule has 1 N–H and O–H groups in total. The SMILES string of the molecule is O=c1oc(C2(O)CCCCC2)cc2ccc(/C=C/c3ccc(F)cc3)cc12. The summed E-state index contributed by atoms with van der Waals surface area (Å²) in [5.41, 5.74) is 0.257. The lowest BCUT2D eigenvalue weighted by atomic mass is 9.82. The van der Waals surface area contributed by atoms with E-state index in [1.807, 2.05) is 24.3 Å². The normalized spacial score (nSPS) is 16.8. The maximum absolute atomic E-state index is 13.0. The summed E-state index contributed by atoms with van der Waals surface area (Å²) < 4.78 is 18.5. The third kappa shape index (κ3) is 3.71. The molecule has 0 aliphatic heterocycles. The van der Waals surface area contributed by atoms with Crippen LogP contribution in [0.3, 0.4) is 0 Å². The molecule has 0 saturated heterocycles. The number of hydrogen-bond acceptors (Lipinski definition) is 3. The predicted molar refractivity (Wildman–Crippen MR) is 105 cm³/mol. The van der Waals surface area contributed by atoms with Crippen LogP contribution in [0, 0.1) is 5.82 Å². The largest absolute Gasteiger partial charge is 0.424 e. The van der Waals surface area contributed by atoms with Crippen molar-refractivity contribution in [1.82, 2.24) is 0 Å². The second-order valence-electron chi connectivity index (χ2n) is 7.22. The summed E-state index contributed by atoms with van der Waals surface area (Å²) in [6.07, 6.45) is 7.95. The first kappa shape index (κ1) is 17.7. The average molecular weight is 364 g/mol. The van der Waals surface area contributed by atoms with Crippen LogP contribution < -0.4 is 5.63 Å². The molecular formula is C23H21FO3. The Bertz CT molecular complexity index is 1040. The molecule has 1 aliphatic carbocycles. The highest BCUT2D eigenvalue weighted by Crippen LogP contribution is 2.37. The summed E-state index contributed by atoms with van der Waals surface area (Å²) in [5, 5.41) is 12.1. The summed E-state index contributed by atoms with van der Waals surface area (Å²) in [6.45, 7) is 0. The standard InChI is InChI=1S/C23H21FO3/c24-19-10-7-16(8-11-19)4-5-17-6-9-18-15-21(27-22(25)20(18)14-17)23(26)12-2-1-3-13-23/h4-11,14-15,26H,1-3,12-13H2/b5-4+. The van der Waals surface area contributed by atoms with Gasteiger partial charge in [-0.05, 0) is 53.6 Å². The van der Waals surface area contributed by atoms with Crippen LogP contribution in [0.1, 0.15) is 49.0 Å². The summed E-state index contributed by atoms with van der Waals surface area (Å²) >= 11 is 0. The zero-order valence-electron chi connectivity index (χ0n) is 15.0. The van der Waals surface area contributed by atoms with E-state index in [0.29, 0.717) is 24.0 Å². The molecule has 0 bridgehead atoms. The van der Waals surface area contributed by atoms with Gasteiger partial charge in [0, 0.05) is 0 Å². The predicted octanol–water partition coefficient (Wildman–Crippen LogP) is 5.25. The summed E-state index contributed by atoms with van der Waals surface area (Å²) in [7, 11) is 0. The Morgan fingerprint density at radius 3 is 2.33 bits per heavy atom. The van der Waals surface area contributed by atoms with Crippen molar-refractivity contribution in [2.75, 3.05) is 0 Å². The molecule has 27 heavy (non-hydrogen) atoms. The first-order chi connectivity index (χ1) is 13.0. The average Bonchev–Trinajstić information content (AvgIpc) is 2.68. The van der Waals surface area contributed by atoms with Crippen LogP contribution in [0.15, 0.2) is 57.7 Å². The maximum atomic E-state index is 13.0. The lowest BCUT2D eigenvalue weighted by Crippen LogP contribution is -2.29. The minimum Gasteiger partial charge on any atom is -0.424 e. The summed E-state index contributed by atoms with van der Waals surface area (Å²) in [5.74, 6) is 0.0974. The summed E-state index contributed by atoms with van der Waals surface area (Å²) in [4.78, 5) is 12.5. The van der Waals surface area contributed by atoms with Crippen molar-refractivity contribution in [3.63, 3.8) is 0 Å². The third-order valence-corrected chi connectivity index (χ3v) is 5.26. The molecule has 138 valence electrons. The van der Waals surface area contributed by atoms with Crippen LogP contribution in [0.2, 0.25) is 0 Å². The van der Waals surface area contributed by atoms with E-state index in [0.717, 1.165) is 35.8 Å². The van der Waals surface area contributed by atoms with Gasteiger partial charge in [-0.25, -0.2) is 9.18 Å². The lowest BCUT2D eigenvalue weighted by molar-refractivity contribution is -0.0219. The van der Waals surface area contributed by atoms with Crippen LogP contribution in [0.4, 0.5) is 4.39 Å². The van der Waals surface area contributed by atoms with E-state index in [1.54, 1.807) is 24.3 Å². The van der Waals surface area contributed by atoms with Gasteiger partial charge in [0.1, 0.15) is 17.2 Å². The van der Waals surface area contributed by atoms with Crippen molar-refractivity contribution in [3.8, 4) is 0 Å². The van der Waals surface area contributed by atoms with Crippen LogP contribution >= 0.6 is 0 Å². The molecule has 1 aromatic heterocycles. The zero-order valence-corrected chi connectivity index (χ0v) is 15.0. The fourth-order valence-electron chi connectivity index (χ4n) is 3.68. The molecule has 3 aromatic rings. The Hall–Kier alpha value is -2.72. The van der Waals surface area contributed by atoms with Crippen LogP contribution in [-0.4, -0.2) is 5.11 Å². The van der Waals surface area contributed by atoms with Gasteiger partial charge < -0.3 is 9.52 Å². The molecule has 0 unspecified atom stereocenters. The minimum atomic E-state index is -1.03. The fourth-order valence-corrected chi connectivity index (χ4v) is 3.68. The first-order valence-corrected chi connectivity index (χ1v) is 9.28. The van der Waals surface area contributed by atoms with Gasteiger partial charge in [0.05, 0.1) is 5.39 Å². The van der Waals surface area contributed by atoms with Crippen LogP contribution in [-0.2, 0) is 5.60 Å². The van der Waals surface area contributed by atoms with Crippen molar-refractivity contribution < 1.29 is 13.9 Å². The van der Waals surface area contributed by atoms with E-state index in [1.165, 1.54) is 12.1 Å². The Kier molecular flexibility index (Phi) is 4.66. The first-order valence-electron chi connectivity index (χ1n) is 9.28. The second-order valence-corrected chi connectivity index (χ2v) is 7.22. The number of fused-ring (bicyclic) bond motifs is 1. The molecule has 1 fully saturated rings. The Morgan fingerprint density at radius 2 is 1.59 bits per heavy atom. The molecular weight excluding hydrogens is 343 g/mol. The van der Waals surface area contributed by atoms with E-state index in [9.17, 15) is 14.3 Å². The van der Waals surface area contributed by atoms with E-state index in [4.69, 9.17) is 4.42 Å². The van der Waals surface area contributed by atoms with E-state index < -0.39 is 11.2 Å². The second kappa shape index (κ2) is 7.12. The van der Waals surface area contributed by atoms with Gasteiger partial charge in [-0.15, -0.1) is 0 Å². The molecule has 2 aromatic carbocycles. The highest BCUT2D eigenvalue weighted by atomic mass is 19.1. The van der Waals surface area contributed by atoms with E-state index >= 15 is 0 Å². The number of benzene rings is 2. The quantitative estimate of drug-likeness (QED) is 0.646. The van der Waals surface area contributed by atoms with Crippen molar-refractivity contribution in [1.29, 1.82) is 0 Å². The van der Waals surface area contributed by atoms with Crippen molar-refractivity contribution >= 4 is 22.9 Å². The minimum absolute atomic E-state index is 0.272. The van der Waals surface area contributed by atoms with Gasteiger partial charge in [0.25, 0.3) is 0 Å². The molecule has 1 heterocycles. The molecule has 0 radical (unpaired) electrons. The van der Waals surface area contributed by atoms with E-state index in [2.05, 4.69) is 0 Å². The van der Waals surface area contributed by atoms with Crippen molar-refractivity contribution in [2.45, 2.75) is 37.7 Å². The molecule has 1 saturated carbocycles. The van der Waals surface area contributed by atoms with Gasteiger partial charge in [0.15, 0.2) is 0 Å². The third-order valence-electron chi connectivity index (χ3n) is 5.26. The van der Waals surface area contributed by atoms with E-state index in [-0.39, 0.29) is 5.82 Å². The van der Waals surface area contributed by atoms with Gasteiger partial charge in [-0.1, -0.05) is 55.7 Å². The number of rotatable bonds is 3. The Morgan fingerprint density at radius 1 is 0.926 bits per heavy atom. The zero-order chi connectivity index (χ0) is 18.9. The fraction of sp³-hybridized carbons (Fsp3) is 0.261. The van der Waals surface area contributed by atoms with Crippen molar-refractivity contribution in [2.24, 2.45) is 0 Å². The summed E-state index contributed by atoms with van der Waals surface area (Å²) in [6, 6.07) is 13.5. The van der Waals surface area contributed by atoms with Crippen LogP contribution in [0.25, 0.3) is 22.9 Å². The van der Waals surface area contributed by atoms with Gasteiger partial charge in [0.2, 0.25) is 0 Å². The number of halogens is 1. The highest BCUT2D eigenvalue weighted by Gasteiger charge is 2.34. The molecule has 0 spiro atoms. The van der Waals surface area contributed by atoms with Crippen molar-refractivity contribution in [3.05, 3.63) is 81.7 Å². The number of aliphatic hydroxyl groups is 1. The molecule has 3 nitrogen and oxygen atoms in total. The Balaban J connectivity index is 1.67. The molecule has 1 aliphatic rings. The number of hydrogen-bond donors (Lipinski definition) is 1. The van der Waals surface area contributed by atoms with Gasteiger partial charge in [-0.3, -0.25) is 0 Å². The smallest absolute Gasteiger partial charge is 0.343 e. The maximum Gasteiger partial charge on any atom is 0.343 e. The molecule has 4 rings (SSSR count).